The molecule has 7 nitrogen and oxygen atoms in total. The zero-order valence-electron chi connectivity index (χ0n) is 20.1. The van der Waals surface area contributed by atoms with Crippen LogP contribution in [0.4, 0.5) is 4.79 Å². The van der Waals surface area contributed by atoms with Crippen LogP contribution in [0.1, 0.15) is 50.2 Å². The van der Waals surface area contributed by atoms with Gasteiger partial charge in [-0.25, -0.2) is 4.79 Å². The van der Waals surface area contributed by atoms with Gasteiger partial charge in [0.2, 0.25) is 5.91 Å². The molecule has 35 heavy (non-hydrogen) atoms. The average molecular weight is 477 g/mol. The first-order valence-electron chi connectivity index (χ1n) is 12.1. The molecule has 0 spiro atoms. The maximum Gasteiger partial charge on any atom is 0.407 e. The number of hydrogen-bond donors (Lipinski definition) is 3. The SMILES string of the molecule is CC(C)C(CC(=O)O)NC(=O)C1CC=CC(NC(=O)OCC2c3ccccc3-c3ccccc32)C1. The molecule has 184 valence electrons. The maximum atomic E-state index is 12.8. The second kappa shape index (κ2) is 10.8. The quantitative estimate of drug-likeness (QED) is 0.488. The number of aliphatic carboxylic acids is 1. The van der Waals surface area contributed by atoms with Crippen LogP contribution in [0.5, 0.6) is 0 Å². The molecule has 2 aliphatic carbocycles. The molecule has 2 aliphatic rings. The lowest BCUT2D eigenvalue weighted by molar-refractivity contribution is -0.138. The highest BCUT2D eigenvalue weighted by molar-refractivity contribution is 5.81. The fourth-order valence-corrected chi connectivity index (χ4v) is 4.94. The first kappa shape index (κ1) is 24.5. The van der Waals surface area contributed by atoms with Crippen molar-refractivity contribution in [1.82, 2.24) is 10.6 Å². The van der Waals surface area contributed by atoms with E-state index in [0.717, 1.165) is 11.1 Å². The summed E-state index contributed by atoms with van der Waals surface area (Å²) in [5.41, 5.74) is 4.64. The Balaban J connectivity index is 1.32. The molecule has 2 aromatic rings. The molecule has 0 saturated carbocycles. The molecule has 0 heterocycles. The van der Waals surface area contributed by atoms with Crippen molar-refractivity contribution in [2.75, 3.05) is 6.61 Å². The van der Waals surface area contributed by atoms with E-state index in [1.807, 2.05) is 50.3 Å². The first-order valence-corrected chi connectivity index (χ1v) is 12.1. The van der Waals surface area contributed by atoms with Crippen molar-refractivity contribution >= 4 is 18.0 Å². The highest BCUT2D eigenvalue weighted by Crippen LogP contribution is 2.44. The summed E-state index contributed by atoms with van der Waals surface area (Å²) >= 11 is 0. The molecule has 3 N–H and O–H groups in total. The van der Waals surface area contributed by atoms with Gasteiger partial charge in [0, 0.05) is 17.9 Å². The number of carbonyl (C=O) groups is 3. The number of allylic oxidation sites excluding steroid dienone is 1. The number of ether oxygens (including phenoxy) is 1. The van der Waals surface area contributed by atoms with Gasteiger partial charge in [-0.15, -0.1) is 0 Å². The van der Waals surface area contributed by atoms with E-state index in [2.05, 4.69) is 34.9 Å². The van der Waals surface area contributed by atoms with E-state index in [1.54, 1.807) is 0 Å². The summed E-state index contributed by atoms with van der Waals surface area (Å²) in [6.07, 6.45) is 4.10. The number of fused-ring (bicyclic) bond motifs is 3. The molecule has 3 atom stereocenters. The third kappa shape index (κ3) is 5.73. The normalized spacial score (nSPS) is 19.5. The van der Waals surface area contributed by atoms with Gasteiger partial charge in [-0.1, -0.05) is 74.5 Å². The van der Waals surface area contributed by atoms with Gasteiger partial charge < -0.3 is 20.5 Å². The minimum Gasteiger partial charge on any atom is -0.481 e. The number of carbonyl (C=O) groups excluding carboxylic acids is 2. The smallest absolute Gasteiger partial charge is 0.407 e. The minimum absolute atomic E-state index is 0.00364. The van der Waals surface area contributed by atoms with Gasteiger partial charge in [0.1, 0.15) is 6.61 Å². The average Bonchev–Trinajstić information content (AvgIpc) is 3.16. The number of amides is 2. The number of benzene rings is 2. The third-order valence-corrected chi connectivity index (χ3v) is 6.87. The molecule has 0 fully saturated rings. The zero-order chi connectivity index (χ0) is 24.9. The highest BCUT2D eigenvalue weighted by atomic mass is 16.5. The Bertz CT molecular complexity index is 1080. The second-order valence-electron chi connectivity index (χ2n) is 9.63. The Kier molecular flexibility index (Phi) is 7.54. The van der Waals surface area contributed by atoms with Crippen LogP contribution in [0.3, 0.4) is 0 Å². The number of hydrogen-bond acceptors (Lipinski definition) is 4. The molecule has 0 saturated heterocycles. The number of alkyl carbamates (subject to hydrolysis) is 1. The zero-order valence-corrected chi connectivity index (χ0v) is 20.1. The number of rotatable bonds is 8. The molecule has 2 aromatic carbocycles. The van der Waals surface area contributed by atoms with Crippen LogP contribution in [-0.2, 0) is 14.3 Å². The van der Waals surface area contributed by atoms with Crippen LogP contribution in [0, 0.1) is 11.8 Å². The number of carboxylic acid groups (broad SMARTS) is 1. The standard InChI is InChI=1S/C28H32N2O5/c1-17(2)25(15-26(31)32)30-27(33)18-8-7-9-19(14-18)29-28(34)35-16-24-22-12-5-3-10-20(22)21-11-4-6-13-23(21)24/h3-7,9-13,17-19,24-25H,8,14-16H2,1-2H3,(H,29,34)(H,30,33)(H,31,32). The van der Waals surface area contributed by atoms with E-state index < -0.39 is 18.1 Å². The van der Waals surface area contributed by atoms with Crippen molar-refractivity contribution in [3.8, 4) is 11.1 Å². The van der Waals surface area contributed by atoms with E-state index in [1.165, 1.54) is 11.1 Å². The van der Waals surface area contributed by atoms with Crippen molar-refractivity contribution in [3.63, 3.8) is 0 Å². The number of carboxylic acids is 1. The van der Waals surface area contributed by atoms with Gasteiger partial charge in [-0.2, -0.15) is 0 Å². The molecule has 0 aliphatic heterocycles. The van der Waals surface area contributed by atoms with E-state index in [9.17, 15) is 14.4 Å². The third-order valence-electron chi connectivity index (χ3n) is 6.87. The van der Waals surface area contributed by atoms with Gasteiger partial charge in [0.15, 0.2) is 0 Å². The topological polar surface area (TPSA) is 105 Å². The van der Waals surface area contributed by atoms with E-state index >= 15 is 0 Å². The summed E-state index contributed by atoms with van der Waals surface area (Å²) in [5.74, 6) is -1.48. The number of nitrogens with one attached hydrogen (secondary N) is 2. The predicted molar refractivity (Wildman–Crippen MR) is 133 cm³/mol. The lowest BCUT2D eigenvalue weighted by Crippen LogP contribution is -2.45. The van der Waals surface area contributed by atoms with Crippen molar-refractivity contribution in [1.29, 1.82) is 0 Å². The van der Waals surface area contributed by atoms with Crippen LogP contribution in [0.2, 0.25) is 0 Å². The van der Waals surface area contributed by atoms with Crippen molar-refractivity contribution in [2.45, 2.75) is 51.1 Å². The molecule has 4 rings (SSSR count). The van der Waals surface area contributed by atoms with Crippen LogP contribution < -0.4 is 10.6 Å². The summed E-state index contributed by atoms with van der Waals surface area (Å²) in [6, 6.07) is 15.6. The fraction of sp³-hybridized carbons (Fsp3) is 0.393. The molecule has 7 heteroatoms. The van der Waals surface area contributed by atoms with Gasteiger partial charge in [0.05, 0.1) is 12.5 Å². The summed E-state index contributed by atoms with van der Waals surface area (Å²) in [5, 5.41) is 14.8. The van der Waals surface area contributed by atoms with E-state index in [0.29, 0.717) is 12.8 Å². The Morgan fingerprint density at radius 1 is 1.03 bits per heavy atom. The Hall–Kier alpha value is -3.61. The van der Waals surface area contributed by atoms with E-state index in [-0.39, 0.29) is 42.7 Å². The molecule has 2 amide bonds. The van der Waals surface area contributed by atoms with Crippen molar-refractivity contribution in [2.24, 2.45) is 11.8 Å². The molecule has 0 aromatic heterocycles. The van der Waals surface area contributed by atoms with Crippen LogP contribution in [0.15, 0.2) is 60.7 Å². The summed E-state index contributed by atoms with van der Waals surface area (Å²) in [7, 11) is 0. The molecular weight excluding hydrogens is 444 g/mol. The Labute approximate surface area is 205 Å². The van der Waals surface area contributed by atoms with Crippen molar-refractivity contribution in [3.05, 3.63) is 71.8 Å². The highest BCUT2D eigenvalue weighted by Gasteiger charge is 2.31. The van der Waals surface area contributed by atoms with Crippen molar-refractivity contribution < 1.29 is 24.2 Å². The lowest BCUT2D eigenvalue weighted by atomic mass is 9.89. The largest absolute Gasteiger partial charge is 0.481 e. The predicted octanol–water partition coefficient (Wildman–Crippen LogP) is 4.48. The van der Waals surface area contributed by atoms with Gasteiger partial charge in [-0.3, -0.25) is 9.59 Å². The van der Waals surface area contributed by atoms with Crippen LogP contribution in [0.25, 0.3) is 11.1 Å². The van der Waals surface area contributed by atoms with Crippen LogP contribution >= 0.6 is 0 Å². The fourth-order valence-electron chi connectivity index (χ4n) is 4.94. The van der Waals surface area contributed by atoms with Gasteiger partial charge in [-0.05, 0) is 41.0 Å². The van der Waals surface area contributed by atoms with Gasteiger partial charge >= 0.3 is 12.1 Å². The molecule has 0 radical (unpaired) electrons. The second-order valence-corrected chi connectivity index (χ2v) is 9.63. The minimum atomic E-state index is -0.942. The monoisotopic (exact) mass is 476 g/mol. The Morgan fingerprint density at radius 3 is 2.26 bits per heavy atom. The molecular formula is C28H32N2O5. The molecule has 3 unspecified atom stereocenters. The Morgan fingerprint density at radius 2 is 1.66 bits per heavy atom. The summed E-state index contributed by atoms with van der Waals surface area (Å²) in [6.45, 7) is 4.00. The van der Waals surface area contributed by atoms with Gasteiger partial charge in [0.25, 0.3) is 0 Å². The summed E-state index contributed by atoms with van der Waals surface area (Å²) < 4.78 is 5.63. The first-order chi connectivity index (χ1) is 16.8. The lowest BCUT2D eigenvalue weighted by Gasteiger charge is -2.28. The van der Waals surface area contributed by atoms with E-state index in [4.69, 9.17) is 9.84 Å². The summed E-state index contributed by atoms with van der Waals surface area (Å²) in [4.78, 5) is 36.5. The molecule has 0 bridgehead atoms. The maximum absolute atomic E-state index is 12.8. The van der Waals surface area contributed by atoms with Crippen LogP contribution in [-0.4, -0.2) is 41.8 Å².